The number of nitrogens with zero attached hydrogens (tertiary/aromatic N) is 4. The van der Waals surface area contributed by atoms with Crippen molar-refractivity contribution in [2.24, 2.45) is 0 Å². The molecule has 0 unspecified atom stereocenters. The van der Waals surface area contributed by atoms with Crippen LogP contribution in [0.5, 0.6) is 5.75 Å². The van der Waals surface area contributed by atoms with Crippen LogP contribution in [-0.4, -0.2) is 71.2 Å². The van der Waals surface area contributed by atoms with Crippen LogP contribution in [0, 0.1) is 13.8 Å². The number of benzene rings is 2. The van der Waals surface area contributed by atoms with Gasteiger partial charge in [-0.25, -0.2) is 4.68 Å². The van der Waals surface area contributed by atoms with Crippen molar-refractivity contribution in [1.29, 1.82) is 0 Å². The molecule has 1 aromatic heterocycles. The van der Waals surface area contributed by atoms with Crippen molar-refractivity contribution >= 4 is 17.5 Å². The van der Waals surface area contributed by atoms with Gasteiger partial charge in [0.05, 0.1) is 36.4 Å². The van der Waals surface area contributed by atoms with E-state index in [1.54, 1.807) is 7.11 Å². The van der Waals surface area contributed by atoms with Gasteiger partial charge in [-0.1, -0.05) is 30.3 Å². The fourth-order valence-corrected chi connectivity index (χ4v) is 4.61. The molecular weight excluding hydrogens is 454 g/mol. The maximum Gasteiger partial charge on any atom is 0.238 e. The highest BCUT2D eigenvalue weighted by atomic mass is 16.5. The average molecular weight is 490 g/mol. The zero-order chi connectivity index (χ0) is 25.5. The van der Waals surface area contributed by atoms with E-state index >= 15 is 0 Å². The van der Waals surface area contributed by atoms with Crippen molar-refractivity contribution in [2.45, 2.75) is 33.1 Å². The Bertz CT molecular complexity index is 1170. The Hall–Kier alpha value is -3.65. The molecule has 8 heteroatoms. The average Bonchev–Trinajstić information content (AvgIpc) is 3.04. The summed E-state index contributed by atoms with van der Waals surface area (Å²) < 4.78 is 7.05. The zero-order valence-corrected chi connectivity index (χ0v) is 21.4. The van der Waals surface area contributed by atoms with E-state index in [2.05, 4.69) is 15.3 Å². The van der Waals surface area contributed by atoms with Gasteiger partial charge in [0.2, 0.25) is 11.8 Å². The molecule has 3 aromatic rings. The first-order chi connectivity index (χ1) is 17.4. The predicted octanol–water partition coefficient (Wildman–Crippen LogP) is 3.60. The topological polar surface area (TPSA) is 79.7 Å². The van der Waals surface area contributed by atoms with Crippen molar-refractivity contribution in [1.82, 2.24) is 19.6 Å². The van der Waals surface area contributed by atoms with E-state index in [0.717, 1.165) is 53.6 Å². The third-order valence-electron chi connectivity index (χ3n) is 6.65. The summed E-state index contributed by atoms with van der Waals surface area (Å²) in [4.78, 5) is 29.7. The summed E-state index contributed by atoms with van der Waals surface area (Å²) in [6.45, 7) is 7.00. The number of nitrogens with one attached hydrogen (secondary N) is 1. The molecule has 1 aliphatic heterocycles. The van der Waals surface area contributed by atoms with E-state index in [4.69, 9.17) is 4.74 Å². The van der Waals surface area contributed by atoms with Crippen LogP contribution < -0.4 is 10.1 Å². The third kappa shape index (κ3) is 6.31. The first-order valence-corrected chi connectivity index (χ1v) is 12.5. The van der Waals surface area contributed by atoms with Crippen molar-refractivity contribution in [3.63, 3.8) is 0 Å². The summed E-state index contributed by atoms with van der Waals surface area (Å²) in [5.74, 6) is 0.918. The molecule has 0 radical (unpaired) electrons. The number of aromatic nitrogens is 2. The maximum atomic E-state index is 12.9. The van der Waals surface area contributed by atoms with Crippen molar-refractivity contribution < 1.29 is 14.3 Å². The van der Waals surface area contributed by atoms with E-state index in [-0.39, 0.29) is 11.8 Å². The largest absolute Gasteiger partial charge is 0.497 e. The van der Waals surface area contributed by atoms with E-state index in [1.165, 1.54) is 0 Å². The van der Waals surface area contributed by atoms with Crippen LogP contribution in [0.4, 0.5) is 5.69 Å². The Morgan fingerprint density at radius 1 is 0.972 bits per heavy atom. The van der Waals surface area contributed by atoms with Crippen LogP contribution in [0.1, 0.15) is 29.8 Å². The Labute approximate surface area is 212 Å². The van der Waals surface area contributed by atoms with E-state index in [0.29, 0.717) is 32.5 Å². The highest BCUT2D eigenvalue weighted by molar-refractivity contribution is 5.93. The molecule has 2 aromatic carbocycles. The van der Waals surface area contributed by atoms with Crippen LogP contribution in [0.25, 0.3) is 5.69 Å². The lowest BCUT2D eigenvalue weighted by atomic mass is 10.1. The number of hydrogen-bond acceptors (Lipinski definition) is 5. The zero-order valence-electron chi connectivity index (χ0n) is 21.4. The minimum atomic E-state index is -0.0620. The molecule has 2 amide bonds. The predicted molar refractivity (Wildman–Crippen MR) is 141 cm³/mol. The minimum Gasteiger partial charge on any atom is -0.497 e. The SMILES string of the molecule is COc1ccc(CCC(=O)N2CCCN(CC(=O)Nc3c(C)nn(-c4ccccc4)c3C)CC2)cc1. The first-order valence-electron chi connectivity index (χ1n) is 12.5. The molecule has 0 spiro atoms. The third-order valence-corrected chi connectivity index (χ3v) is 6.65. The van der Waals surface area contributed by atoms with Crippen molar-refractivity contribution in [3.05, 3.63) is 71.5 Å². The van der Waals surface area contributed by atoms with E-state index in [1.807, 2.05) is 78.0 Å². The first kappa shape index (κ1) is 25.4. The highest BCUT2D eigenvalue weighted by Gasteiger charge is 2.22. The summed E-state index contributed by atoms with van der Waals surface area (Å²) in [5.41, 5.74) is 4.53. The van der Waals surface area contributed by atoms with Gasteiger partial charge in [0.25, 0.3) is 0 Å². The fraction of sp³-hybridized carbons (Fsp3) is 0.393. The summed E-state index contributed by atoms with van der Waals surface area (Å²) in [5, 5.41) is 7.67. The lowest BCUT2D eigenvalue weighted by Gasteiger charge is -2.22. The number of para-hydroxylation sites is 1. The number of hydrogen-bond donors (Lipinski definition) is 1. The standard InChI is InChI=1S/C28H35N5O3/c1-21-28(22(2)33(30-21)24-8-5-4-6-9-24)29-26(34)20-31-16-7-17-32(19-18-31)27(35)15-12-23-10-13-25(36-3)14-11-23/h4-6,8-11,13-14H,7,12,15-20H2,1-3H3,(H,29,34). The van der Waals surface area contributed by atoms with Crippen LogP contribution in [-0.2, 0) is 16.0 Å². The van der Waals surface area contributed by atoms with E-state index < -0.39 is 0 Å². The Morgan fingerprint density at radius 3 is 2.44 bits per heavy atom. The molecule has 8 nitrogen and oxygen atoms in total. The molecule has 1 N–H and O–H groups in total. The summed E-state index contributed by atoms with van der Waals surface area (Å²) >= 11 is 0. The smallest absolute Gasteiger partial charge is 0.238 e. The lowest BCUT2D eigenvalue weighted by Crippen LogP contribution is -2.38. The van der Waals surface area contributed by atoms with Gasteiger partial charge in [-0.05, 0) is 56.5 Å². The number of ether oxygens (including phenoxy) is 1. The molecule has 1 fully saturated rings. The second kappa shape index (κ2) is 11.9. The molecular formula is C28H35N5O3. The van der Waals surface area contributed by atoms with Gasteiger partial charge in [0.1, 0.15) is 5.75 Å². The van der Waals surface area contributed by atoms with Gasteiger partial charge in [-0.2, -0.15) is 5.10 Å². The summed E-state index contributed by atoms with van der Waals surface area (Å²) in [6.07, 6.45) is 2.04. The molecule has 2 heterocycles. The fourth-order valence-electron chi connectivity index (χ4n) is 4.61. The van der Waals surface area contributed by atoms with Gasteiger partial charge < -0.3 is 15.0 Å². The number of methoxy groups -OCH3 is 1. The summed E-state index contributed by atoms with van der Waals surface area (Å²) in [6, 6.07) is 17.7. The molecule has 4 rings (SSSR count). The maximum absolute atomic E-state index is 12.9. The van der Waals surface area contributed by atoms with Gasteiger partial charge in [-0.3, -0.25) is 14.5 Å². The number of aryl methyl sites for hydroxylation is 2. The Balaban J connectivity index is 1.27. The number of carbonyl (C=O) groups excluding carboxylic acids is 2. The molecule has 1 saturated heterocycles. The molecule has 0 aliphatic carbocycles. The molecule has 0 bridgehead atoms. The molecule has 190 valence electrons. The number of rotatable bonds is 8. The van der Waals surface area contributed by atoms with Gasteiger partial charge >= 0.3 is 0 Å². The normalized spacial score (nSPS) is 14.4. The monoisotopic (exact) mass is 489 g/mol. The second-order valence-electron chi connectivity index (χ2n) is 9.20. The van der Waals surface area contributed by atoms with Crippen LogP contribution >= 0.6 is 0 Å². The van der Waals surface area contributed by atoms with Gasteiger partial charge in [-0.15, -0.1) is 0 Å². The number of carbonyl (C=O) groups is 2. The van der Waals surface area contributed by atoms with Crippen molar-refractivity contribution in [2.75, 3.05) is 45.2 Å². The van der Waals surface area contributed by atoms with Crippen molar-refractivity contribution in [3.8, 4) is 11.4 Å². The van der Waals surface area contributed by atoms with Crippen LogP contribution in [0.15, 0.2) is 54.6 Å². The number of amides is 2. The minimum absolute atomic E-state index is 0.0620. The molecule has 1 aliphatic rings. The van der Waals surface area contributed by atoms with Gasteiger partial charge in [0.15, 0.2) is 0 Å². The molecule has 0 atom stereocenters. The van der Waals surface area contributed by atoms with Crippen LogP contribution in [0.2, 0.25) is 0 Å². The van der Waals surface area contributed by atoms with Crippen LogP contribution in [0.3, 0.4) is 0 Å². The second-order valence-corrected chi connectivity index (χ2v) is 9.20. The molecule has 36 heavy (non-hydrogen) atoms. The Morgan fingerprint density at radius 2 is 1.72 bits per heavy atom. The quantitative estimate of drug-likeness (QED) is 0.523. The molecule has 0 saturated carbocycles. The lowest BCUT2D eigenvalue weighted by molar-refractivity contribution is -0.131. The Kier molecular flexibility index (Phi) is 8.38. The number of anilines is 1. The van der Waals surface area contributed by atoms with Gasteiger partial charge in [0, 0.05) is 32.6 Å². The highest BCUT2D eigenvalue weighted by Crippen LogP contribution is 2.23. The summed E-state index contributed by atoms with van der Waals surface area (Å²) in [7, 11) is 1.65. The van der Waals surface area contributed by atoms with E-state index in [9.17, 15) is 9.59 Å².